The van der Waals surface area contributed by atoms with Gasteiger partial charge in [-0.1, -0.05) is 92.8 Å². The number of aryl methyl sites for hydroxylation is 2. The second-order valence-electron chi connectivity index (χ2n) is 8.93. The number of fused-ring (bicyclic) bond motifs is 1. The molecular formula is C29H31F. The van der Waals surface area contributed by atoms with E-state index in [0.717, 1.165) is 34.8 Å². The van der Waals surface area contributed by atoms with Crippen molar-refractivity contribution in [1.29, 1.82) is 0 Å². The number of rotatable bonds is 4. The molecular weight excluding hydrogens is 367 g/mol. The van der Waals surface area contributed by atoms with E-state index in [9.17, 15) is 4.39 Å². The summed E-state index contributed by atoms with van der Waals surface area (Å²) in [5.41, 5.74) is 3.91. The topological polar surface area (TPSA) is 0 Å². The van der Waals surface area contributed by atoms with E-state index in [2.05, 4.69) is 43.0 Å². The molecule has 0 nitrogen and oxygen atoms in total. The fourth-order valence-electron chi connectivity index (χ4n) is 4.70. The maximum atomic E-state index is 14.8. The van der Waals surface area contributed by atoms with E-state index in [0.29, 0.717) is 10.9 Å². The molecule has 0 amide bonds. The Balaban J connectivity index is 1.39. The van der Waals surface area contributed by atoms with Crippen LogP contribution >= 0.6 is 0 Å². The molecule has 0 N–H and O–H groups in total. The third-order valence-electron chi connectivity index (χ3n) is 6.79. The van der Waals surface area contributed by atoms with Crippen molar-refractivity contribution in [2.24, 2.45) is 11.8 Å². The number of hydrogen-bond donors (Lipinski definition) is 0. The van der Waals surface area contributed by atoms with Crippen LogP contribution in [0, 0.1) is 36.4 Å². The van der Waals surface area contributed by atoms with Crippen molar-refractivity contribution in [1.82, 2.24) is 0 Å². The lowest BCUT2D eigenvalue weighted by Crippen LogP contribution is -2.14. The fourth-order valence-corrected chi connectivity index (χ4v) is 4.70. The molecule has 0 spiro atoms. The van der Waals surface area contributed by atoms with Gasteiger partial charge < -0.3 is 0 Å². The van der Waals surface area contributed by atoms with E-state index in [1.165, 1.54) is 44.1 Å². The van der Waals surface area contributed by atoms with Crippen LogP contribution in [0.15, 0.2) is 54.6 Å². The molecule has 0 aromatic heterocycles. The number of halogens is 1. The molecule has 30 heavy (non-hydrogen) atoms. The van der Waals surface area contributed by atoms with Crippen LogP contribution in [0.1, 0.15) is 67.7 Å². The summed E-state index contributed by atoms with van der Waals surface area (Å²) in [4.78, 5) is 0. The zero-order chi connectivity index (χ0) is 20.9. The van der Waals surface area contributed by atoms with Crippen molar-refractivity contribution in [3.63, 3.8) is 0 Å². The smallest absolute Gasteiger partial charge is 0.146 e. The highest BCUT2D eigenvalue weighted by atomic mass is 19.1. The van der Waals surface area contributed by atoms with E-state index in [-0.39, 0.29) is 5.82 Å². The van der Waals surface area contributed by atoms with Crippen LogP contribution in [0.2, 0.25) is 0 Å². The summed E-state index contributed by atoms with van der Waals surface area (Å²) in [6, 6.07) is 18.0. The Morgan fingerprint density at radius 2 is 1.60 bits per heavy atom. The average Bonchev–Trinajstić information content (AvgIpc) is 2.78. The normalized spacial score (nSPS) is 18.8. The Kier molecular flexibility index (Phi) is 6.53. The Morgan fingerprint density at radius 3 is 2.33 bits per heavy atom. The molecule has 0 bridgehead atoms. The molecule has 1 fully saturated rings. The van der Waals surface area contributed by atoms with E-state index in [4.69, 9.17) is 0 Å². The van der Waals surface area contributed by atoms with Gasteiger partial charge in [0.2, 0.25) is 0 Å². The predicted molar refractivity (Wildman–Crippen MR) is 125 cm³/mol. The van der Waals surface area contributed by atoms with Gasteiger partial charge in [0.05, 0.1) is 5.56 Å². The minimum Gasteiger partial charge on any atom is -0.205 e. The quantitative estimate of drug-likeness (QED) is 0.393. The summed E-state index contributed by atoms with van der Waals surface area (Å²) in [6.45, 7) is 4.34. The highest BCUT2D eigenvalue weighted by molar-refractivity contribution is 5.85. The summed E-state index contributed by atoms with van der Waals surface area (Å²) < 4.78 is 14.8. The Hall–Kier alpha value is -2.59. The van der Waals surface area contributed by atoms with Crippen LogP contribution in [0.4, 0.5) is 4.39 Å². The van der Waals surface area contributed by atoms with Crippen LogP contribution in [0.25, 0.3) is 10.8 Å². The summed E-state index contributed by atoms with van der Waals surface area (Å²) in [5, 5.41) is 1.56. The van der Waals surface area contributed by atoms with Crippen LogP contribution in [0.5, 0.6) is 0 Å². The van der Waals surface area contributed by atoms with E-state index in [1.807, 2.05) is 31.2 Å². The van der Waals surface area contributed by atoms with Crippen molar-refractivity contribution < 1.29 is 4.39 Å². The molecule has 0 atom stereocenters. The highest BCUT2D eigenvalue weighted by Crippen LogP contribution is 2.33. The molecule has 1 saturated carbocycles. The van der Waals surface area contributed by atoms with E-state index < -0.39 is 0 Å². The molecule has 3 aromatic carbocycles. The van der Waals surface area contributed by atoms with Gasteiger partial charge in [-0.05, 0) is 60.7 Å². The van der Waals surface area contributed by atoms with Gasteiger partial charge in [0, 0.05) is 10.9 Å². The summed E-state index contributed by atoms with van der Waals surface area (Å²) in [7, 11) is 0. The zero-order valence-electron chi connectivity index (χ0n) is 18.2. The van der Waals surface area contributed by atoms with Gasteiger partial charge in [0.15, 0.2) is 0 Å². The standard InChI is InChI=1S/C29H31F/c1-3-22-5-7-23(8-6-22)9-10-24-11-13-25(14-12-24)15-16-26-17-18-27-20-21(2)4-19-28(27)29(26)30/h4,11-14,17-20,22-23H,3,5-10H2,1-2H3. The van der Waals surface area contributed by atoms with Crippen molar-refractivity contribution >= 4 is 10.8 Å². The van der Waals surface area contributed by atoms with E-state index in [1.54, 1.807) is 6.07 Å². The third kappa shape index (κ3) is 4.93. The zero-order valence-corrected chi connectivity index (χ0v) is 18.2. The molecule has 0 aliphatic heterocycles. The monoisotopic (exact) mass is 398 g/mol. The first kappa shape index (κ1) is 20.7. The van der Waals surface area contributed by atoms with Gasteiger partial charge in [-0.25, -0.2) is 4.39 Å². The molecule has 0 radical (unpaired) electrons. The second kappa shape index (κ2) is 9.48. The van der Waals surface area contributed by atoms with E-state index >= 15 is 0 Å². The Labute approximate surface area is 180 Å². The maximum Gasteiger partial charge on any atom is 0.146 e. The molecule has 1 aliphatic carbocycles. The van der Waals surface area contributed by atoms with Gasteiger partial charge in [0.1, 0.15) is 5.82 Å². The molecule has 0 unspecified atom stereocenters. The Bertz CT molecular complexity index is 1060. The highest BCUT2D eigenvalue weighted by Gasteiger charge is 2.19. The lowest BCUT2D eigenvalue weighted by molar-refractivity contribution is 0.259. The third-order valence-corrected chi connectivity index (χ3v) is 6.79. The van der Waals surface area contributed by atoms with Gasteiger partial charge in [-0.15, -0.1) is 0 Å². The van der Waals surface area contributed by atoms with Gasteiger partial charge in [0.25, 0.3) is 0 Å². The first-order chi connectivity index (χ1) is 14.6. The fraction of sp³-hybridized carbons (Fsp3) is 0.379. The summed E-state index contributed by atoms with van der Waals surface area (Å²) in [6.07, 6.45) is 9.42. The molecule has 0 heterocycles. The van der Waals surface area contributed by atoms with Crippen molar-refractivity contribution in [2.45, 2.75) is 58.8 Å². The Morgan fingerprint density at radius 1 is 0.867 bits per heavy atom. The van der Waals surface area contributed by atoms with Crippen molar-refractivity contribution in [3.05, 3.63) is 82.7 Å². The van der Waals surface area contributed by atoms with Gasteiger partial charge in [-0.3, -0.25) is 0 Å². The SMILES string of the molecule is CCC1CCC(CCc2ccc(C#Cc3ccc4cc(C)ccc4c3F)cc2)CC1. The van der Waals surface area contributed by atoms with Crippen molar-refractivity contribution in [3.8, 4) is 11.8 Å². The largest absolute Gasteiger partial charge is 0.205 e. The molecule has 0 saturated heterocycles. The van der Waals surface area contributed by atoms with Gasteiger partial charge in [-0.2, -0.15) is 0 Å². The van der Waals surface area contributed by atoms with Gasteiger partial charge >= 0.3 is 0 Å². The summed E-state index contributed by atoms with van der Waals surface area (Å²) in [5.74, 6) is 7.79. The minimum absolute atomic E-state index is 0.227. The minimum atomic E-state index is -0.227. The maximum absolute atomic E-state index is 14.8. The molecule has 1 aliphatic rings. The molecule has 3 aromatic rings. The van der Waals surface area contributed by atoms with Crippen molar-refractivity contribution in [2.75, 3.05) is 0 Å². The molecule has 4 rings (SSSR count). The van der Waals surface area contributed by atoms with Crippen LogP contribution in [-0.4, -0.2) is 0 Å². The first-order valence-electron chi connectivity index (χ1n) is 11.4. The lowest BCUT2D eigenvalue weighted by Gasteiger charge is -2.27. The molecule has 154 valence electrons. The second-order valence-corrected chi connectivity index (χ2v) is 8.93. The van der Waals surface area contributed by atoms with Crippen LogP contribution < -0.4 is 0 Å². The average molecular weight is 399 g/mol. The van der Waals surface area contributed by atoms with Crippen LogP contribution in [-0.2, 0) is 6.42 Å². The number of benzene rings is 3. The lowest BCUT2D eigenvalue weighted by atomic mass is 9.78. The number of hydrogen-bond acceptors (Lipinski definition) is 0. The molecule has 1 heteroatoms. The first-order valence-corrected chi connectivity index (χ1v) is 11.4. The predicted octanol–water partition coefficient (Wildman–Crippen LogP) is 7.84. The summed E-state index contributed by atoms with van der Waals surface area (Å²) >= 11 is 0. The van der Waals surface area contributed by atoms with Crippen LogP contribution in [0.3, 0.4) is 0 Å².